The van der Waals surface area contributed by atoms with Gasteiger partial charge in [0.1, 0.15) is 12.6 Å². The number of hydrogen-bond donors (Lipinski definition) is 1. The second-order valence-corrected chi connectivity index (χ2v) is 5.90. The standard InChI is InChI=1S/C13H15N3O3S/c1-3-8-15-13(17)10-16(20(2,18)19)12-7-5-4-6-11(12)9-14/h3-7H,1,8,10H2,2H3,(H,15,17). The quantitative estimate of drug-likeness (QED) is 0.779. The molecule has 7 heteroatoms. The van der Waals surface area contributed by atoms with Crippen LogP contribution in [0.25, 0.3) is 0 Å². The van der Waals surface area contributed by atoms with Crippen LogP contribution in [0.1, 0.15) is 5.56 Å². The highest BCUT2D eigenvalue weighted by Crippen LogP contribution is 2.21. The van der Waals surface area contributed by atoms with Gasteiger partial charge < -0.3 is 5.32 Å². The molecule has 0 spiro atoms. The predicted octanol–water partition coefficient (Wildman–Crippen LogP) is 0.626. The number of para-hydroxylation sites is 1. The molecule has 0 aliphatic heterocycles. The minimum Gasteiger partial charge on any atom is -0.351 e. The average molecular weight is 293 g/mol. The van der Waals surface area contributed by atoms with Crippen LogP contribution in [0.3, 0.4) is 0 Å². The van der Waals surface area contributed by atoms with E-state index in [1.807, 2.05) is 6.07 Å². The zero-order chi connectivity index (χ0) is 15.2. The van der Waals surface area contributed by atoms with Gasteiger partial charge in [-0.1, -0.05) is 18.2 Å². The third kappa shape index (κ3) is 4.10. The van der Waals surface area contributed by atoms with Gasteiger partial charge in [-0.05, 0) is 12.1 Å². The Kier molecular flexibility index (Phi) is 5.29. The molecule has 0 aliphatic carbocycles. The lowest BCUT2D eigenvalue weighted by molar-refractivity contribution is -0.119. The van der Waals surface area contributed by atoms with Crippen LogP contribution in [0.5, 0.6) is 0 Å². The first-order chi connectivity index (χ1) is 9.40. The van der Waals surface area contributed by atoms with Crippen molar-refractivity contribution in [1.29, 1.82) is 5.26 Å². The summed E-state index contributed by atoms with van der Waals surface area (Å²) in [7, 11) is -3.68. The van der Waals surface area contributed by atoms with Crippen molar-refractivity contribution in [3.8, 4) is 6.07 Å². The maximum atomic E-state index is 11.8. The fraction of sp³-hybridized carbons (Fsp3) is 0.231. The number of benzene rings is 1. The van der Waals surface area contributed by atoms with Gasteiger partial charge in [0.05, 0.1) is 17.5 Å². The summed E-state index contributed by atoms with van der Waals surface area (Å²) in [6.45, 7) is 3.32. The van der Waals surface area contributed by atoms with Gasteiger partial charge >= 0.3 is 0 Å². The summed E-state index contributed by atoms with van der Waals surface area (Å²) in [6.07, 6.45) is 2.48. The topological polar surface area (TPSA) is 90.3 Å². The number of hydrogen-bond acceptors (Lipinski definition) is 4. The molecular formula is C13H15N3O3S. The molecule has 0 radical (unpaired) electrons. The van der Waals surface area contributed by atoms with E-state index < -0.39 is 15.9 Å². The Balaban J connectivity index is 3.12. The van der Waals surface area contributed by atoms with Crippen LogP contribution in [0.15, 0.2) is 36.9 Å². The maximum absolute atomic E-state index is 11.8. The SMILES string of the molecule is C=CCNC(=O)CN(c1ccccc1C#N)S(C)(=O)=O. The van der Waals surface area contributed by atoms with Crippen molar-refractivity contribution in [2.45, 2.75) is 0 Å². The molecule has 0 unspecified atom stereocenters. The Morgan fingerprint density at radius 3 is 2.70 bits per heavy atom. The minimum atomic E-state index is -3.68. The van der Waals surface area contributed by atoms with Crippen LogP contribution < -0.4 is 9.62 Å². The molecule has 0 heterocycles. The molecule has 1 amide bonds. The lowest BCUT2D eigenvalue weighted by Crippen LogP contribution is -2.40. The normalized spacial score (nSPS) is 10.4. The first-order valence-corrected chi connectivity index (χ1v) is 7.59. The predicted molar refractivity (Wildman–Crippen MR) is 76.6 cm³/mol. The summed E-state index contributed by atoms with van der Waals surface area (Å²) < 4.78 is 24.6. The van der Waals surface area contributed by atoms with Crippen LogP contribution in [0.4, 0.5) is 5.69 Å². The number of carbonyl (C=O) groups excluding carboxylic acids is 1. The van der Waals surface area contributed by atoms with Crippen molar-refractivity contribution in [3.63, 3.8) is 0 Å². The number of carbonyl (C=O) groups is 1. The number of anilines is 1. The number of nitrogens with zero attached hydrogens (tertiary/aromatic N) is 2. The van der Waals surface area contributed by atoms with E-state index in [1.165, 1.54) is 18.2 Å². The second kappa shape index (κ2) is 6.73. The lowest BCUT2D eigenvalue weighted by Gasteiger charge is -2.22. The molecule has 106 valence electrons. The summed E-state index contributed by atoms with van der Waals surface area (Å²) in [5.41, 5.74) is 0.376. The van der Waals surface area contributed by atoms with E-state index in [2.05, 4.69) is 11.9 Å². The van der Waals surface area contributed by atoms with E-state index in [9.17, 15) is 13.2 Å². The van der Waals surface area contributed by atoms with Crippen molar-refractivity contribution in [2.24, 2.45) is 0 Å². The van der Waals surface area contributed by atoms with Crippen LogP contribution in [0, 0.1) is 11.3 Å². The lowest BCUT2D eigenvalue weighted by atomic mass is 10.2. The van der Waals surface area contributed by atoms with Gasteiger partial charge in [-0.3, -0.25) is 9.10 Å². The monoisotopic (exact) mass is 293 g/mol. The molecule has 0 aromatic heterocycles. The van der Waals surface area contributed by atoms with Gasteiger partial charge in [0.15, 0.2) is 0 Å². The first kappa shape index (κ1) is 15.7. The van der Waals surface area contributed by atoms with Crippen molar-refractivity contribution in [3.05, 3.63) is 42.5 Å². The van der Waals surface area contributed by atoms with Gasteiger partial charge in [0.2, 0.25) is 15.9 Å². The van der Waals surface area contributed by atoms with E-state index in [0.717, 1.165) is 10.6 Å². The van der Waals surface area contributed by atoms with Crippen molar-refractivity contribution in [2.75, 3.05) is 23.7 Å². The molecule has 0 atom stereocenters. The smallest absolute Gasteiger partial charge is 0.241 e. The highest BCUT2D eigenvalue weighted by molar-refractivity contribution is 7.92. The summed E-state index contributed by atoms with van der Waals surface area (Å²) in [4.78, 5) is 11.7. The molecule has 0 saturated heterocycles. The van der Waals surface area contributed by atoms with Crippen LogP contribution >= 0.6 is 0 Å². The average Bonchev–Trinajstić information content (AvgIpc) is 2.41. The van der Waals surface area contributed by atoms with E-state index in [-0.39, 0.29) is 24.3 Å². The number of rotatable bonds is 6. The molecule has 0 bridgehead atoms. The Morgan fingerprint density at radius 2 is 2.15 bits per heavy atom. The molecular weight excluding hydrogens is 278 g/mol. The molecule has 20 heavy (non-hydrogen) atoms. The zero-order valence-corrected chi connectivity index (χ0v) is 11.9. The van der Waals surface area contributed by atoms with Crippen molar-refractivity contribution in [1.82, 2.24) is 5.32 Å². The molecule has 0 fully saturated rings. The molecule has 0 aliphatic rings. The van der Waals surface area contributed by atoms with Crippen molar-refractivity contribution >= 4 is 21.6 Å². The Labute approximate surface area is 118 Å². The van der Waals surface area contributed by atoms with Gasteiger partial charge in [0, 0.05) is 6.54 Å². The highest BCUT2D eigenvalue weighted by atomic mass is 32.2. The molecule has 6 nitrogen and oxygen atoms in total. The van der Waals surface area contributed by atoms with E-state index in [0.29, 0.717) is 0 Å². The van der Waals surface area contributed by atoms with Gasteiger partial charge in [0.25, 0.3) is 0 Å². The summed E-state index contributed by atoms with van der Waals surface area (Å²) >= 11 is 0. The zero-order valence-electron chi connectivity index (χ0n) is 11.0. The first-order valence-electron chi connectivity index (χ1n) is 5.74. The largest absolute Gasteiger partial charge is 0.351 e. The number of amides is 1. The summed E-state index contributed by atoms with van der Waals surface area (Å²) in [5, 5.41) is 11.5. The van der Waals surface area contributed by atoms with Crippen LogP contribution in [-0.4, -0.2) is 33.7 Å². The number of sulfonamides is 1. The highest BCUT2D eigenvalue weighted by Gasteiger charge is 2.22. The third-order valence-electron chi connectivity index (χ3n) is 2.42. The van der Waals surface area contributed by atoms with E-state index >= 15 is 0 Å². The molecule has 1 aromatic rings. The van der Waals surface area contributed by atoms with Gasteiger partial charge in [-0.25, -0.2) is 8.42 Å². The number of nitrogens with one attached hydrogen (secondary N) is 1. The Bertz CT molecular complexity index is 647. The van der Waals surface area contributed by atoms with E-state index in [4.69, 9.17) is 5.26 Å². The Hall–Kier alpha value is -2.33. The maximum Gasteiger partial charge on any atom is 0.241 e. The molecule has 1 rings (SSSR count). The molecule has 0 saturated carbocycles. The fourth-order valence-corrected chi connectivity index (χ4v) is 2.41. The molecule has 1 N–H and O–H groups in total. The van der Waals surface area contributed by atoms with Gasteiger partial charge in [-0.2, -0.15) is 5.26 Å². The number of nitriles is 1. The molecule has 1 aromatic carbocycles. The summed E-state index contributed by atoms with van der Waals surface area (Å²) in [6, 6.07) is 8.12. The second-order valence-electron chi connectivity index (χ2n) is 3.99. The minimum absolute atomic E-state index is 0.186. The van der Waals surface area contributed by atoms with Gasteiger partial charge in [-0.15, -0.1) is 6.58 Å². The van der Waals surface area contributed by atoms with E-state index in [1.54, 1.807) is 12.1 Å². The van der Waals surface area contributed by atoms with Crippen molar-refractivity contribution < 1.29 is 13.2 Å². The fourth-order valence-electron chi connectivity index (χ4n) is 1.54. The van der Waals surface area contributed by atoms with Crippen LogP contribution in [0.2, 0.25) is 0 Å². The van der Waals surface area contributed by atoms with Crippen LogP contribution in [-0.2, 0) is 14.8 Å². The Morgan fingerprint density at radius 1 is 1.50 bits per heavy atom. The summed E-state index contributed by atoms with van der Waals surface area (Å²) in [5.74, 6) is -0.469. The third-order valence-corrected chi connectivity index (χ3v) is 3.55.